The average Bonchev–Trinajstić information content (AvgIpc) is 3.39. The summed E-state index contributed by atoms with van der Waals surface area (Å²) in [6.45, 7) is 4.70. The molecule has 152 valence electrons. The van der Waals surface area contributed by atoms with Crippen LogP contribution in [0, 0.1) is 6.92 Å². The monoisotopic (exact) mass is 434 g/mol. The van der Waals surface area contributed by atoms with Gasteiger partial charge in [0.2, 0.25) is 0 Å². The molecule has 0 aliphatic heterocycles. The lowest BCUT2D eigenvalue weighted by atomic mass is 10.1. The highest BCUT2D eigenvalue weighted by molar-refractivity contribution is 7.20. The topological polar surface area (TPSA) is 50.3 Å². The summed E-state index contributed by atoms with van der Waals surface area (Å²) in [4.78, 5) is 34.3. The van der Waals surface area contributed by atoms with Gasteiger partial charge in [0.1, 0.15) is 4.83 Å². The first-order valence-electron chi connectivity index (χ1n) is 9.78. The molecule has 30 heavy (non-hydrogen) atoms. The number of benzene rings is 1. The van der Waals surface area contributed by atoms with E-state index in [1.54, 1.807) is 17.5 Å². The highest BCUT2D eigenvalue weighted by Gasteiger charge is 2.23. The Kier molecular flexibility index (Phi) is 6.06. The molecule has 0 spiro atoms. The van der Waals surface area contributed by atoms with E-state index < -0.39 is 0 Å². The fourth-order valence-corrected chi connectivity index (χ4v) is 5.21. The van der Waals surface area contributed by atoms with Crippen molar-refractivity contribution in [1.82, 2.24) is 9.88 Å². The Balaban J connectivity index is 1.64. The maximum atomic E-state index is 13.5. The number of aromatic nitrogens is 1. The van der Waals surface area contributed by atoms with Gasteiger partial charge in [0.15, 0.2) is 5.78 Å². The highest BCUT2D eigenvalue weighted by atomic mass is 32.1. The van der Waals surface area contributed by atoms with E-state index in [0.29, 0.717) is 23.5 Å². The Hall–Kier alpha value is -2.83. The number of fused-ring (bicyclic) bond motifs is 1. The van der Waals surface area contributed by atoms with E-state index >= 15 is 0 Å². The predicted molar refractivity (Wildman–Crippen MR) is 124 cm³/mol. The van der Waals surface area contributed by atoms with Gasteiger partial charge in [0.25, 0.3) is 5.91 Å². The molecular formula is C24H22N2O2S2. The van der Waals surface area contributed by atoms with E-state index in [4.69, 9.17) is 0 Å². The second-order valence-corrected chi connectivity index (χ2v) is 9.26. The second-order valence-electron chi connectivity index (χ2n) is 7.23. The third-order valence-electron chi connectivity index (χ3n) is 5.12. The highest BCUT2D eigenvalue weighted by Crippen LogP contribution is 2.31. The lowest BCUT2D eigenvalue weighted by Crippen LogP contribution is -2.32. The van der Waals surface area contributed by atoms with Crippen LogP contribution in [0.5, 0.6) is 0 Å². The molecule has 4 nitrogen and oxygen atoms in total. The van der Waals surface area contributed by atoms with Crippen LogP contribution in [0.3, 0.4) is 0 Å². The summed E-state index contributed by atoms with van der Waals surface area (Å²) in [5, 5.41) is 2.92. The van der Waals surface area contributed by atoms with E-state index in [1.165, 1.54) is 23.8 Å². The van der Waals surface area contributed by atoms with Crippen molar-refractivity contribution in [3.8, 4) is 0 Å². The molecule has 0 bridgehead atoms. The summed E-state index contributed by atoms with van der Waals surface area (Å²) in [5.41, 5.74) is 2.68. The smallest absolute Gasteiger partial charge is 0.264 e. The zero-order valence-electron chi connectivity index (χ0n) is 16.9. The number of hydrogen-bond donors (Lipinski definition) is 0. The van der Waals surface area contributed by atoms with Crippen molar-refractivity contribution < 1.29 is 9.59 Å². The summed E-state index contributed by atoms with van der Waals surface area (Å²) < 4.78 is 0. The minimum absolute atomic E-state index is 0.0178. The quantitative estimate of drug-likeness (QED) is 0.348. The molecule has 0 aliphatic carbocycles. The van der Waals surface area contributed by atoms with Gasteiger partial charge in [0.05, 0.1) is 11.4 Å². The largest absolute Gasteiger partial charge is 0.332 e. The fourth-order valence-electron chi connectivity index (χ4n) is 3.39. The average molecular weight is 435 g/mol. The molecule has 4 aromatic rings. The van der Waals surface area contributed by atoms with Crippen LogP contribution >= 0.6 is 22.7 Å². The van der Waals surface area contributed by atoms with E-state index in [1.807, 2.05) is 47.5 Å². The van der Waals surface area contributed by atoms with E-state index in [0.717, 1.165) is 27.1 Å². The number of aryl methyl sites for hydroxylation is 1. The van der Waals surface area contributed by atoms with Crippen LogP contribution in [0.1, 0.15) is 43.0 Å². The molecule has 0 saturated heterocycles. The number of Topliss-reactive ketones (excluding diaryl/α,β-unsaturated/α-hetero) is 1. The number of ketones is 1. The predicted octanol–water partition coefficient (Wildman–Crippen LogP) is 5.75. The fraction of sp³-hybridized carbons (Fsp3) is 0.208. The number of amides is 1. The van der Waals surface area contributed by atoms with Crippen molar-refractivity contribution in [2.45, 2.75) is 26.8 Å². The van der Waals surface area contributed by atoms with Crippen molar-refractivity contribution in [3.05, 3.63) is 86.6 Å². The number of carbonyl (C=O) groups is 2. The second kappa shape index (κ2) is 8.90. The van der Waals surface area contributed by atoms with Crippen LogP contribution < -0.4 is 0 Å². The summed E-state index contributed by atoms with van der Waals surface area (Å²) in [7, 11) is 0. The zero-order chi connectivity index (χ0) is 21.1. The van der Waals surface area contributed by atoms with Crippen molar-refractivity contribution in [2.24, 2.45) is 0 Å². The van der Waals surface area contributed by atoms with Crippen LogP contribution in [-0.2, 0) is 13.0 Å². The maximum absolute atomic E-state index is 13.5. The van der Waals surface area contributed by atoms with E-state index in [-0.39, 0.29) is 11.7 Å². The molecule has 0 unspecified atom stereocenters. The number of rotatable bonds is 7. The lowest BCUT2D eigenvalue weighted by Gasteiger charge is -2.22. The molecule has 3 aromatic heterocycles. The molecule has 0 saturated carbocycles. The first kappa shape index (κ1) is 20.4. The molecular weight excluding hydrogens is 412 g/mol. The van der Waals surface area contributed by atoms with Gasteiger partial charge < -0.3 is 4.90 Å². The van der Waals surface area contributed by atoms with Crippen molar-refractivity contribution >= 4 is 44.6 Å². The Morgan fingerprint density at radius 3 is 2.60 bits per heavy atom. The number of thiophene rings is 2. The summed E-state index contributed by atoms with van der Waals surface area (Å²) in [6.07, 6.45) is 2.39. The van der Waals surface area contributed by atoms with E-state index in [9.17, 15) is 9.59 Å². The van der Waals surface area contributed by atoms with Crippen LogP contribution in [0.25, 0.3) is 10.2 Å². The van der Waals surface area contributed by atoms with Gasteiger partial charge in [-0.15, -0.1) is 22.7 Å². The van der Waals surface area contributed by atoms with Gasteiger partial charge in [-0.05, 0) is 48.9 Å². The summed E-state index contributed by atoms with van der Waals surface area (Å²) in [5.74, 6) is -0.00531. The first-order valence-corrected chi connectivity index (χ1v) is 11.5. The van der Waals surface area contributed by atoms with Crippen LogP contribution in [0.4, 0.5) is 0 Å². The Morgan fingerprint density at radius 1 is 1.10 bits per heavy atom. The molecule has 1 aromatic carbocycles. The number of carbonyl (C=O) groups excluding carboxylic acids is 2. The molecule has 6 heteroatoms. The Morgan fingerprint density at radius 2 is 1.90 bits per heavy atom. The minimum Gasteiger partial charge on any atom is -0.332 e. The van der Waals surface area contributed by atoms with Crippen LogP contribution in [-0.4, -0.2) is 28.1 Å². The minimum atomic E-state index is -0.0231. The lowest BCUT2D eigenvalue weighted by molar-refractivity contribution is 0.0751. The van der Waals surface area contributed by atoms with Crippen LogP contribution in [0.2, 0.25) is 0 Å². The molecule has 4 rings (SSSR count). The normalized spacial score (nSPS) is 11.0. The first-order chi connectivity index (χ1) is 14.5. The van der Waals surface area contributed by atoms with Gasteiger partial charge >= 0.3 is 0 Å². The van der Waals surface area contributed by atoms with Gasteiger partial charge in [-0.2, -0.15) is 0 Å². The third-order valence-corrected chi connectivity index (χ3v) is 7.19. The van der Waals surface area contributed by atoms with Gasteiger partial charge in [0, 0.05) is 28.6 Å². The molecule has 0 atom stereocenters. The van der Waals surface area contributed by atoms with Crippen molar-refractivity contribution in [2.75, 3.05) is 6.54 Å². The third kappa shape index (κ3) is 4.35. The molecule has 3 heterocycles. The Bertz CT molecular complexity index is 1180. The molecule has 0 aliphatic rings. The molecule has 0 radical (unpaired) electrons. The van der Waals surface area contributed by atoms with Gasteiger partial charge in [-0.1, -0.05) is 36.4 Å². The number of pyridine rings is 1. The molecule has 1 amide bonds. The van der Waals surface area contributed by atoms with Crippen LogP contribution in [0.15, 0.2) is 60.1 Å². The summed E-state index contributed by atoms with van der Waals surface area (Å²) >= 11 is 3.06. The number of hydrogen-bond acceptors (Lipinski definition) is 5. The van der Waals surface area contributed by atoms with Gasteiger partial charge in [-0.25, -0.2) is 4.98 Å². The SMILES string of the molecule is CC(=O)c1cnc2sc(C(=O)N(CCc3ccccc3)Cc3cccs3)c(C)c2c1. The molecule has 0 fully saturated rings. The van der Waals surface area contributed by atoms with Gasteiger partial charge in [-0.3, -0.25) is 9.59 Å². The zero-order valence-corrected chi connectivity index (χ0v) is 18.6. The number of nitrogens with zero attached hydrogens (tertiary/aromatic N) is 2. The van der Waals surface area contributed by atoms with Crippen molar-refractivity contribution in [3.63, 3.8) is 0 Å². The molecule has 0 N–H and O–H groups in total. The standard InChI is InChI=1S/C24H22N2O2S2/c1-16-21-13-19(17(2)27)14-25-23(21)30-22(16)24(28)26(15-20-9-6-12-29-20)11-10-18-7-4-3-5-8-18/h3-9,12-14H,10-11,15H2,1-2H3. The maximum Gasteiger partial charge on any atom is 0.264 e. The Labute approximate surface area is 183 Å². The van der Waals surface area contributed by atoms with Crippen molar-refractivity contribution in [1.29, 1.82) is 0 Å². The van der Waals surface area contributed by atoms with E-state index in [2.05, 4.69) is 23.2 Å². The summed E-state index contributed by atoms with van der Waals surface area (Å²) in [6, 6.07) is 16.1.